The largest absolute Gasteiger partial charge is 0.495 e. The Kier molecular flexibility index (Phi) is 42.7. The summed E-state index contributed by atoms with van der Waals surface area (Å²) >= 11 is 15.5. The number of hydrogen-bond acceptors (Lipinski definition) is 28. The van der Waals surface area contributed by atoms with E-state index in [2.05, 4.69) is 19.2 Å². The highest BCUT2D eigenvalue weighted by Crippen LogP contribution is 2.59. The van der Waals surface area contributed by atoms with Gasteiger partial charge in [0.2, 0.25) is 11.8 Å². The summed E-state index contributed by atoms with van der Waals surface area (Å²) in [4.78, 5) is 86.1. The molecular weight excluding hydrogens is 1670 g/mol. The molecule has 11 N–H and O–H groups in total. The minimum Gasteiger partial charge on any atom is -0.495 e. The van der Waals surface area contributed by atoms with Gasteiger partial charge in [-0.25, -0.2) is 9.59 Å². The molecule has 1 aliphatic carbocycles. The molecule has 1 saturated carbocycles. The van der Waals surface area contributed by atoms with Gasteiger partial charge in [0.05, 0.1) is 67.7 Å². The number of alkyl carbamates (subject to hydrolysis) is 1. The molecule has 0 spiro atoms. The van der Waals surface area contributed by atoms with Crippen molar-refractivity contribution in [3.8, 4) is 5.75 Å². The maximum atomic E-state index is 15.3. The summed E-state index contributed by atoms with van der Waals surface area (Å²) in [5.41, 5.74) is -3.24. The predicted octanol–water partition coefficient (Wildman–Crippen LogP) is 10.9. The summed E-state index contributed by atoms with van der Waals surface area (Å²) in [6, 6.07) is 2.29. The number of carbonyl (C=O) groups excluding carboxylic acids is 4. The number of fused-ring (bicyclic) bond motifs is 5. The number of aliphatic hydroxyl groups is 8. The fourth-order valence-electron chi connectivity index (χ4n) is 15.5. The Balaban J connectivity index is 1.43. The number of amides is 3. The van der Waals surface area contributed by atoms with E-state index in [9.17, 15) is 65.4 Å². The molecule has 5 aliphatic heterocycles. The number of allylic oxidation sites excluding steroid dienone is 3. The van der Waals surface area contributed by atoms with E-state index in [0.717, 1.165) is 43.2 Å². The average Bonchev–Trinajstić information content (AvgIpc) is 0.740. The standard InChI is InChI=1S/C86H142ClN3O25S5/c1-18-20-26-61(116-38-31-83(10,11)110-33-29-81(6,7)78(102)103)73(120-41-36-109-77-71(100)69(98)67(96)60(48-92)113-77)74(72(119-39-32-84(12,13)111-34-30-82(8,9)79(104)105)62(27-21-19-2)117-40-35-108-76-70(99)68(97)66(95)59(47-91)112-76)118-37-28-63(93)89(15)53(5)75(101)115-86-46-64(94)90(16)56-43-54(44-58(107-17)65(56)87)42-51(3)24-22-23-25-55-45-57(114-80(106)88-55)52(4)85(14,49-86)50-86/h22-24,43-44,52-53,55,57,59-62,66-74,76-77,91-92,95-100H,18-21,25-42,45-50H2,1-17H3,(H,88,106)(H,102,103)(H,104,105)/b23-22+,51-24-/t52-,53-,55?,57+,59?,60?,61?,62?,66?,67?,68?,69?,70?,71?,72?,73?,74?,76?,77?,85-,86-/m1/s1. The smallest absolute Gasteiger partial charge is 0.407 e. The van der Waals surface area contributed by atoms with E-state index >= 15 is 14.4 Å². The lowest BCUT2D eigenvalue weighted by Crippen LogP contribution is -2.61. The van der Waals surface area contributed by atoms with Crippen LogP contribution >= 0.6 is 70.4 Å². The number of thioether (sulfide) groups is 5. The van der Waals surface area contributed by atoms with Gasteiger partial charge in [-0.15, -0.1) is 0 Å². The number of nitrogens with one attached hydrogen (secondary N) is 1. The second-order valence-corrected chi connectivity index (χ2v) is 42.7. The van der Waals surface area contributed by atoms with Crippen molar-refractivity contribution in [3.63, 3.8) is 0 Å². The van der Waals surface area contributed by atoms with Crippen LogP contribution in [0, 0.1) is 22.2 Å². The molecule has 5 heterocycles. The van der Waals surface area contributed by atoms with Crippen molar-refractivity contribution in [1.29, 1.82) is 0 Å². The lowest BCUT2D eigenvalue weighted by molar-refractivity contribution is -0.299. The van der Waals surface area contributed by atoms with Gasteiger partial charge in [0.15, 0.2) is 12.6 Å². The fraction of sp³-hybridized carbons (Fsp3) is 0.814. The molecule has 3 amide bonds. The molecule has 7 rings (SSSR count). The van der Waals surface area contributed by atoms with Crippen molar-refractivity contribution in [3.05, 3.63) is 46.5 Å². The van der Waals surface area contributed by atoms with Crippen LogP contribution in [0.15, 0.2) is 35.9 Å². The third-order valence-electron chi connectivity index (χ3n) is 24.2. The second-order valence-electron chi connectivity index (χ2n) is 35.8. The Morgan fingerprint density at radius 2 is 1.19 bits per heavy atom. The van der Waals surface area contributed by atoms with Gasteiger partial charge in [-0.3, -0.25) is 19.2 Å². The highest BCUT2D eigenvalue weighted by molar-refractivity contribution is 8.07. The highest BCUT2D eigenvalue weighted by atomic mass is 35.5. The van der Waals surface area contributed by atoms with E-state index in [1.807, 2.05) is 78.8 Å². The van der Waals surface area contributed by atoms with Crippen molar-refractivity contribution >= 4 is 112 Å². The number of carboxylic acid groups (broad SMARTS) is 2. The summed E-state index contributed by atoms with van der Waals surface area (Å²) in [5, 5.41) is 108. The number of nitrogens with zero attached hydrogens (tertiary/aromatic N) is 2. The number of aliphatic carboxylic acids is 2. The molecule has 6 aliphatic rings. The molecule has 16 unspecified atom stereocenters. The number of hydrogen-bond donors (Lipinski definition) is 11. The van der Waals surface area contributed by atoms with E-state index in [1.165, 1.54) is 16.9 Å². The summed E-state index contributed by atoms with van der Waals surface area (Å²) < 4.78 is 55.5. The third kappa shape index (κ3) is 30.7. The average molecular weight is 1810 g/mol. The molecule has 120 heavy (non-hydrogen) atoms. The quantitative estimate of drug-likeness (QED) is 0.0213. The molecule has 0 radical (unpaired) electrons. The Bertz CT molecular complexity index is 3460. The normalized spacial score (nSPS) is 28.9. The van der Waals surface area contributed by atoms with Crippen molar-refractivity contribution < 1.29 is 122 Å². The Morgan fingerprint density at radius 3 is 1.69 bits per heavy atom. The molecule has 6 bridgehead atoms. The minimum atomic E-state index is -1.69. The van der Waals surface area contributed by atoms with E-state index < -0.39 is 150 Å². The van der Waals surface area contributed by atoms with Crippen LogP contribution in [0.5, 0.6) is 5.75 Å². The first-order valence-electron chi connectivity index (χ1n) is 42.4. The fourth-order valence-corrected chi connectivity index (χ4v) is 24.9. The van der Waals surface area contributed by atoms with Gasteiger partial charge in [0, 0.05) is 89.7 Å². The molecule has 688 valence electrons. The van der Waals surface area contributed by atoms with Gasteiger partial charge in [0.1, 0.15) is 77.4 Å². The van der Waals surface area contributed by atoms with Crippen LogP contribution in [0.3, 0.4) is 0 Å². The van der Waals surface area contributed by atoms with Crippen molar-refractivity contribution in [2.45, 2.75) is 329 Å². The first-order chi connectivity index (χ1) is 56.3. The number of benzene rings is 1. The first kappa shape index (κ1) is 105. The van der Waals surface area contributed by atoms with Gasteiger partial charge in [0.25, 0.3) is 0 Å². The zero-order valence-electron chi connectivity index (χ0n) is 73.6. The summed E-state index contributed by atoms with van der Waals surface area (Å²) in [7, 11) is 4.68. The van der Waals surface area contributed by atoms with Gasteiger partial charge in [-0.1, -0.05) is 88.8 Å². The Hall–Kier alpha value is -3.40. The number of likely N-dealkylation sites (N-methyl/N-ethyl adjacent to an activating group) is 1. The van der Waals surface area contributed by atoms with Gasteiger partial charge >= 0.3 is 24.0 Å². The topological polar surface area (TPSA) is 406 Å². The van der Waals surface area contributed by atoms with Gasteiger partial charge < -0.3 is 109 Å². The predicted molar refractivity (Wildman–Crippen MR) is 472 cm³/mol. The number of carbonyl (C=O) groups is 6. The van der Waals surface area contributed by atoms with Crippen LogP contribution in [0.4, 0.5) is 10.5 Å². The number of unbranched alkanes of at least 4 members (excludes halogenated alkanes) is 2. The number of methoxy groups -OCH3 is 1. The Morgan fingerprint density at radius 1 is 0.700 bits per heavy atom. The molecule has 4 fully saturated rings. The zero-order valence-corrected chi connectivity index (χ0v) is 78.4. The SMILES string of the molecule is CCCCC(SCCC(C)(C)OCCC(C)(C)C(=O)O)C(SCCOC1OC(CO)C(O)C(O)C1O)C(SCCC(=O)N(C)[C@H](C)C(=O)O[C@]12CC(=O)N(C)c3cc(cc(OC)c3Cl)C/C(C)=C\C=C\CC3C[C@H](OC(=O)N3)[C@@H](C)[C@](C)(C1)C2)C(SCCC(C)(C)OCCC(C)(C)C(=O)O)C(CCCC)SCCOC1OC(CO)C(O)C(O)C1O. The number of halogens is 1. The number of aliphatic hydroxyl groups excluding tert-OH is 8. The monoisotopic (exact) mass is 1810 g/mol. The van der Waals surface area contributed by atoms with Crippen LogP contribution < -0.4 is 15.0 Å². The zero-order chi connectivity index (χ0) is 89.4. The number of carboxylic acids is 2. The molecule has 28 nitrogen and oxygen atoms in total. The maximum absolute atomic E-state index is 15.3. The van der Waals surface area contributed by atoms with E-state index in [-0.39, 0.29) is 126 Å². The lowest BCUT2D eigenvalue weighted by Gasteiger charge is -2.58. The molecule has 1 aromatic carbocycles. The van der Waals surface area contributed by atoms with Gasteiger partial charge in [-0.05, 0) is 174 Å². The Labute approximate surface area is 737 Å². The van der Waals surface area contributed by atoms with Crippen LogP contribution in [0.1, 0.15) is 205 Å². The summed E-state index contributed by atoms with van der Waals surface area (Å²) in [6.07, 6.45) is -2.20. The van der Waals surface area contributed by atoms with Crippen LogP contribution in [0.25, 0.3) is 0 Å². The van der Waals surface area contributed by atoms with Crippen molar-refractivity contribution in [2.24, 2.45) is 22.2 Å². The molecule has 0 aromatic heterocycles. The van der Waals surface area contributed by atoms with E-state index in [4.69, 9.17) is 54.2 Å². The third-order valence-corrected chi connectivity index (χ3v) is 32.3. The maximum Gasteiger partial charge on any atom is 0.407 e. The number of ether oxygens (including phenoxy) is 9. The van der Waals surface area contributed by atoms with Gasteiger partial charge in [-0.2, -0.15) is 58.8 Å². The molecular formula is C86H142ClN3O25S5. The number of rotatable bonds is 48. The summed E-state index contributed by atoms with van der Waals surface area (Å²) in [5.74, 6) is -1.27. The number of esters is 1. The highest BCUT2D eigenvalue weighted by Gasteiger charge is 2.61. The molecule has 34 heteroatoms. The summed E-state index contributed by atoms with van der Waals surface area (Å²) in [6.45, 7) is 25.5. The lowest BCUT2D eigenvalue weighted by atomic mass is 9.52. The molecule has 19 atom stereocenters. The van der Waals surface area contributed by atoms with Crippen molar-refractivity contribution in [1.82, 2.24) is 10.2 Å². The van der Waals surface area contributed by atoms with E-state index in [1.54, 1.807) is 108 Å². The first-order valence-corrected chi connectivity index (χ1v) is 48.0. The number of anilines is 1. The van der Waals surface area contributed by atoms with Crippen molar-refractivity contribution in [2.75, 3.05) is 94.5 Å². The van der Waals surface area contributed by atoms with Crippen LogP contribution in [-0.2, 0) is 68.3 Å². The van der Waals surface area contributed by atoms with Crippen LogP contribution in [-0.4, -0.2) is 304 Å². The molecule has 3 saturated heterocycles. The molecule has 1 aromatic rings. The minimum absolute atomic E-state index is 0.00613. The second kappa shape index (κ2) is 48.7. The van der Waals surface area contributed by atoms with E-state index in [0.29, 0.717) is 67.2 Å². The van der Waals surface area contributed by atoms with Crippen LogP contribution in [0.2, 0.25) is 5.02 Å².